The van der Waals surface area contributed by atoms with Gasteiger partial charge in [-0.3, -0.25) is 4.79 Å². The second-order valence-corrected chi connectivity index (χ2v) is 7.82. The monoisotopic (exact) mass is 442 g/mol. The number of aromatic nitrogens is 3. The number of nitrogens with zero attached hydrogens (tertiary/aromatic N) is 3. The van der Waals surface area contributed by atoms with Crippen molar-refractivity contribution < 1.29 is 18.6 Å². The summed E-state index contributed by atoms with van der Waals surface area (Å²) in [5.41, 5.74) is 2.33. The molecule has 0 spiro atoms. The van der Waals surface area contributed by atoms with Gasteiger partial charge in [0, 0.05) is 23.6 Å². The molecule has 3 aromatic rings. The molecule has 2 aromatic heterocycles. The average Bonchev–Trinajstić information content (AvgIpc) is 2.82. The van der Waals surface area contributed by atoms with Crippen molar-refractivity contribution in [2.75, 3.05) is 25.1 Å². The lowest BCUT2D eigenvalue weighted by molar-refractivity contribution is -0.0556. The number of nitrogens with one attached hydrogen (secondary N) is 1. The van der Waals surface area contributed by atoms with Gasteiger partial charge in [-0.2, -0.15) is 13.9 Å². The number of fused-ring (bicyclic) bond motifs is 1. The van der Waals surface area contributed by atoms with Gasteiger partial charge < -0.3 is 19.7 Å². The van der Waals surface area contributed by atoms with Crippen LogP contribution in [0.2, 0.25) is 0 Å². The Morgan fingerprint density at radius 3 is 2.88 bits per heavy atom. The van der Waals surface area contributed by atoms with Crippen LogP contribution in [0, 0.1) is 0 Å². The number of rotatable bonds is 6. The van der Waals surface area contributed by atoms with Crippen LogP contribution in [-0.4, -0.2) is 39.7 Å². The van der Waals surface area contributed by atoms with E-state index >= 15 is 0 Å². The molecule has 4 rings (SSSR count). The molecule has 0 saturated heterocycles. The van der Waals surface area contributed by atoms with Crippen LogP contribution in [0.15, 0.2) is 47.4 Å². The Morgan fingerprint density at radius 1 is 1.34 bits per heavy atom. The molecular weight excluding hydrogens is 418 g/mol. The van der Waals surface area contributed by atoms with Crippen molar-refractivity contribution in [1.29, 1.82) is 0 Å². The first-order valence-corrected chi connectivity index (χ1v) is 10.3. The minimum atomic E-state index is -3.32. The largest absolute Gasteiger partial charge is 0.390 e. The van der Waals surface area contributed by atoms with E-state index in [2.05, 4.69) is 15.5 Å². The maximum atomic E-state index is 13.9. The smallest absolute Gasteiger partial charge is 0.295 e. The lowest BCUT2D eigenvalue weighted by Gasteiger charge is -2.20. The van der Waals surface area contributed by atoms with Gasteiger partial charge in [0.25, 0.3) is 11.5 Å². The third-order valence-corrected chi connectivity index (χ3v) is 5.72. The van der Waals surface area contributed by atoms with Crippen molar-refractivity contribution in [3.8, 4) is 0 Å². The number of ether oxygens (including phenoxy) is 1. The molecular formula is C23H24F2N4O3. The number of anilines is 1. The zero-order valence-corrected chi connectivity index (χ0v) is 17.8. The highest BCUT2D eigenvalue weighted by Gasteiger charge is 2.30. The minimum Gasteiger partial charge on any atom is -0.390 e. The maximum Gasteiger partial charge on any atom is 0.295 e. The summed E-state index contributed by atoms with van der Waals surface area (Å²) < 4.78 is 34.7. The predicted molar refractivity (Wildman–Crippen MR) is 118 cm³/mol. The minimum absolute atomic E-state index is 0.128. The van der Waals surface area contributed by atoms with E-state index in [0.29, 0.717) is 47.5 Å². The number of aliphatic hydroxyl groups is 1. The molecule has 1 atom stereocenters. The summed E-state index contributed by atoms with van der Waals surface area (Å²) in [5, 5.41) is 21.1. The van der Waals surface area contributed by atoms with E-state index in [1.165, 1.54) is 29.0 Å². The second kappa shape index (κ2) is 8.76. The number of benzene rings is 1. The van der Waals surface area contributed by atoms with Crippen LogP contribution >= 0.6 is 0 Å². The molecule has 9 heteroatoms. The standard InChI is InChI=1S/C23H24F2N4O3/c1-14(16-4-3-5-17(10-16)23(24,25)13-30)27-21-19-11-18(15-6-8-32-9-7-15)22(31)29(2)20(19)12-26-28-21/h3-6,10-12,14,30H,7-9,13H2,1-2H3,(H,27,28)/t14-/m1/s1. The molecule has 1 aromatic carbocycles. The Balaban J connectivity index is 1.74. The van der Waals surface area contributed by atoms with Gasteiger partial charge in [0.15, 0.2) is 5.82 Å². The molecule has 0 bridgehead atoms. The first-order valence-electron chi connectivity index (χ1n) is 10.3. The fourth-order valence-electron chi connectivity index (χ4n) is 3.82. The van der Waals surface area contributed by atoms with E-state index in [1.54, 1.807) is 19.2 Å². The van der Waals surface area contributed by atoms with E-state index in [-0.39, 0.29) is 17.2 Å². The molecule has 0 amide bonds. The SMILES string of the molecule is C[C@@H](Nc1nncc2c1cc(C1=CCOCC1)c(=O)n2C)c1cccc(C(F)(F)CO)c1. The number of pyridine rings is 1. The molecule has 0 radical (unpaired) electrons. The van der Waals surface area contributed by atoms with Gasteiger partial charge in [-0.25, -0.2) is 0 Å². The van der Waals surface area contributed by atoms with Gasteiger partial charge in [0.2, 0.25) is 0 Å². The van der Waals surface area contributed by atoms with Crippen LogP contribution in [0.5, 0.6) is 0 Å². The number of hydrogen-bond acceptors (Lipinski definition) is 6. The number of aliphatic hydroxyl groups excluding tert-OH is 1. The molecule has 1 aliphatic heterocycles. The topological polar surface area (TPSA) is 89.3 Å². The lowest BCUT2D eigenvalue weighted by atomic mass is 10.0. The quantitative estimate of drug-likeness (QED) is 0.608. The number of aryl methyl sites for hydroxylation is 1. The van der Waals surface area contributed by atoms with Crippen LogP contribution < -0.4 is 10.9 Å². The van der Waals surface area contributed by atoms with Crippen LogP contribution in [0.1, 0.15) is 36.1 Å². The van der Waals surface area contributed by atoms with Crippen molar-refractivity contribution in [1.82, 2.24) is 14.8 Å². The first-order chi connectivity index (χ1) is 15.3. The van der Waals surface area contributed by atoms with E-state index in [9.17, 15) is 13.6 Å². The Bertz CT molecular complexity index is 1240. The van der Waals surface area contributed by atoms with Crippen LogP contribution in [0.25, 0.3) is 16.5 Å². The summed E-state index contributed by atoms with van der Waals surface area (Å²) in [6.07, 6.45) is 4.07. The van der Waals surface area contributed by atoms with E-state index < -0.39 is 12.5 Å². The van der Waals surface area contributed by atoms with Gasteiger partial charge in [-0.15, -0.1) is 5.10 Å². The highest BCUT2D eigenvalue weighted by molar-refractivity contribution is 5.91. The Labute approximate surface area is 183 Å². The zero-order chi connectivity index (χ0) is 22.9. The van der Waals surface area contributed by atoms with Crippen LogP contribution in [-0.2, 0) is 17.7 Å². The molecule has 0 fully saturated rings. The Morgan fingerprint density at radius 2 is 2.16 bits per heavy atom. The van der Waals surface area contributed by atoms with Gasteiger partial charge in [-0.05, 0) is 36.6 Å². The third kappa shape index (κ3) is 4.13. The van der Waals surface area contributed by atoms with Crippen molar-refractivity contribution in [3.63, 3.8) is 0 Å². The molecule has 32 heavy (non-hydrogen) atoms. The van der Waals surface area contributed by atoms with Gasteiger partial charge >= 0.3 is 0 Å². The molecule has 3 heterocycles. The molecule has 0 unspecified atom stereocenters. The lowest BCUT2D eigenvalue weighted by Crippen LogP contribution is -2.23. The summed E-state index contributed by atoms with van der Waals surface area (Å²) in [6, 6.07) is 7.32. The van der Waals surface area contributed by atoms with Crippen LogP contribution in [0.3, 0.4) is 0 Å². The molecule has 0 saturated carbocycles. The van der Waals surface area contributed by atoms with Crippen LogP contribution in [0.4, 0.5) is 14.6 Å². The zero-order valence-electron chi connectivity index (χ0n) is 17.8. The van der Waals surface area contributed by atoms with E-state index in [0.717, 1.165) is 5.57 Å². The number of hydrogen-bond donors (Lipinski definition) is 2. The molecule has 2 N–H and O–H groups in total. The molecule has 168 valence electrons. The molecule has 1 aliphatic rings. The van der Waals surface area contributed by atoms with Crippen molar-refractivity contribution in [3.05, 3.63) is 69.6 Å². The van der Waals surface area contributed by atoms with Gasteiger partial charge in [0.05, 0.1) is 31.0 Å². The highest BCUT2D eigenvalue weighted by Crippen LogP contribution is 2.31. The first kappa shape index (κ1) is 22.0. The highest BCUT2D eigenvalue weighted by atomic mass is 19.3. The van der Waals surface area contributed by atoms with Gasteiger partial charge in [-0.1, -0.05) is 24.3 Å². The van der Waals surface area contributed by atoms with Gasteiger partial charge in [0.1, 0.15) is 6.61 Å². The Kier molecular flexibility index (Phi) is 6.03. The summed E-state index contributed by atoms with van der Waals surface area (Å²) in [7, 11) is 1.68. The summed E-state index contributed by atoms with van der Waals surface area (Å²) in [4.78, 5) is 12.9. The van der Waals surface area contributed by atoms with Crippen molar-refractivity contribution >= 4 is 22.3 Å². The summed E-state index contributed by atoms with van der Waals surface area (Å²) in [5.74, 6) is -2.88. The fourth-order valence-corrected chi connectivity index (χ4v) is 3.82. The summed E-state index contributed by atoms with van der Waals surface area (Å²) in [6.45, 7) is 1.58. The molecule has 0 aliphatic carbocycles. The van der Waals surface area contributed by atoms with Crippen molar-refractivity contribution in [2.24, 2.45) is 7.05 Å². The number of halogens is 2. The number of alkyl halides is 2. The van der Waals surface area contributed by atoms with Crippen molar-refractivity contribution in [2.45, 2.75) is 25.3 Å². The molecule has 7 nitrogen and oxygen atoms in total. The summed E-state index contributed by atoms with van der Waals surface area (Å²) >= 11 is 0. The average molecular weight is 442 g/mol. The Hall–Kier alpha value is -3.17. The normalized spacial score (nSPS) is 15.5. The predicted octanol–water partition coefficient (Wildman–Crippen LogP) is 3.39. The van der Waals surface area contributed by atoms with E-state index in [1.807, 2.05) is 13.0 Å². The third-order valence-electron chi connectivity index (χ3n) is 5.72. The second-order valence-electron chi connectivity index (χ2n) is 7.82. The van der Waals surface area contributed by atoms with E-state index in [4.69, 9.17) is 9.84 Å². The maximum absolute atomic E-state index is 13.9. The fraction of sp³-hybridized carbons (Fsp3) is 0.348.